The van der Waals surface area contributed by atoms with Crippen LogP contribution in [0.15, 0.2) is 48.5 Å². The Labute approximate surface area is 281 Å². The normalized spacial score (nSPS) is 16.6. The number of aromatic hydroxyl groups is 1. The lowest BCUT2D eigenvalue weighted by Crippen LogP contribution is -2.49. The molecule has 1 atom stereocenters. The van der Waals surface area contributed by atoms with Gasteiger partial charge in [0.05, 0.1) is 0 Å². The van der Waals surface area contributed by atoms with Gasteiger partial charge >= 0.3 is 6.03 Å². The van der Waals surface area contributed by atoms with Crippen molar-refractivity contribution in [3.8, 4) is 11.5 Å². The van der Waals surface area contributed by atoms with Gasteiger partial charge in [0.15, 0.2) is 0 Å². The third kappa shape index (κ3) is 12.9. The largest absolute Gasteiger partial charge is 0.508 e. The SMILES string of the molecule is CCCCCCCCNC(=O)N1CCC(C(=O)N2CCC(Nc3ccc(CCNCC(O)COc4ccc(O)cc4)cc3)CC2)CC1. The van der Waals surface area contributed by atoms with E-state index in [2.05, 4.69) is 47.1 Å². The lowest BCUT2D eigenvalue weighted by atomic mass is 9.94. The Morgan fingerprint density at radius 1 is 0.851 bits per heavy atom. The van der Waals surface area contributed by atoms with E-state index in [0.717, 1.165) is 70.4 Å². The second-order valence-corrected chi connectivity index (χ2v) is 13.1. The summed E-state index contributed by atoms with van der Waals surface area (Å²) in [6.07, 6.45) is 10.9. The summed E-state index contributed by atoms with van der Waals surface area (Å²) in [5.74, 6) is 1.07. The van der Waals surface area contributed by atoms with Gasteiger partial charge in [-0.15, -0.1) is 0 Å². The fourth-order valence-electron chi connectivity index (χ4n) is 6.34. The van der Waals surface area contributed by atoms with Gasteiger partial charge in [-0.2, -0.15) is 0 Å². The van der Waals surface area contributed by atoms with Crippen molar-refractivity contribution in [2.24, 2.45) is 5.92 Å². The second-order valence-electron chi connectivity index (χ2n) is 13.1. The van der Waals surface area contributed by atoms with Gasteiger partial charge in [-0.1, -0.05) is 51.2 Å². The number of aliphatic hydroxyl groups excluding tert-OH is 1. The van der Waals surface area contributed by atoms with E-state index in [1.165, 1.54) is 37.7 Å². The maximum Gasteiger partial charge on any atom is 0.317 e. The van der Waals surface area contributed by atoms with Crippen LogP contribution in [0.5, 0.6) is 11.5 Å². The number of piperidine rings is 2. The van der Waals surface area contributed by atoms with Gasteiger partial charge in [-0.3, -0.25) is 4.79 Å². The fourth-order valence-corrected chi connectivity index (χ4v) is 6.34. The number of anilines is 1. The van der Waals surface area contributed by atoms with Crippen LogP contribution >= 0.6 is 0 Å². The number of hydrogen-bond acceptors (Lipinski definition) is 7. The Morgan fingerprint density at radius 3 is 2.21 bits per heavy atom. The molecule has 0 aromatic heterocycles. The first kappa shape index (κ1) is 36.3. The summed E-state index contributed by atoms with van der Waals surface area (Å²) in [6, 6.07) is 15.3. The molecule has 0 saturated carbocycles. The van der Waals surface area contributed by atoms with E-state index in [-0.39, 0.29) is 30.2 Å². The monoisotopic (exact) mass is 651 g/mol. The molecule has 2 aromatic carbocycles. The van der Waals surface area contributed by atoms with Gasteiger partial charge in [0, 0.05) is 56.9 Å². The van der Waals surface area contributed by atoms with Crippen LogP contribution in [0.25, 0.3) is 0 Å². The average Bonchev–Trinajstić information content (AvgIpc) is 3.10. The number of carbonyl (C=O) groups is 2. The van der Waals surface area contributed by atoms with Gasteiger partial charge in [-0.25, -0.2) is 4.79 Å². The van der Waals surface area contributed by atoms with E-state index in [1.807, 2.05) is 9.80 Å². The van der Waals surface area contributed by atoms with Gasteiger partial charge in [0.25, 0.3) is 0 Å². The van der Waals surface area contributed by atoms with Crippen LogP contribution in [-0.4, -0.2) is 96.5 Å². The topological polar surface area (TPSA) is 126 Å². The Morgan fingerprint density at radius 2 is 1.51 bits per heavy atom. The van der Waals surface area contributed by atoms with Gasteiger partial charge < -0.3 is 40.7 Å². The highest BCUT2D eigenvalue weighted by molar-refractivity contribution is 5.80. The highest BCUT2D eigenvalue weighted by Crippen LogP contribution is 2.24. The molecule has 0 spiro atoms. The number of unbranched alkanes of at least 4 members (excludes halogenated alkanes) is 5. The molecule has 2 fully saturated rings. The molecule has 0 aliphatic carbocycles. The highest BCUT2D eigenvalue weighted by Gasteiger charge is 2.32. The molecule has 0 radical (unpaired) electrons. The van der Waals surface area contributed by atoms with E-state index < -0.39 is 6.10 Å². The predicted octanol–water partition coefficient (Wildman–Crippen LogP) is 5.15. The molecule has 1 unspecified atom stereocenters. The summed E-state index contributed by atoms with van der Waals surface area (Å²) in [5, 5.41) is 29.5. The zero-order chi connectivity index (χ0) is 33.3. The first-order chi connectivity index (χ1) is 22.9. The lowest BCUT2D eigenvalue weighted by Gasteiger charge is -2.37. The lowest BCUT2D eigenvalue weighted by molar-refractivity contribution is -0.137. The van der Waals surface area contributed by atoms with Crippen molar-refractivity contribution in [1.82, 2.24) is 20.4 Å². The smallest absolute Gasteiger partial charge is 0.317 e. The molecule has 10 nitrogen and oxygen atoms in total. The predicted molar refractivity (Wildman–Crippen MR) is 187 cm³/mol. The third-order valence-corrected chi connectivity index (χ3v) is 9.32. The molecule has 47 heavy (non-hydrogen) atoms. The van der Waals surface area contributed by atoms with Gasteiger partial charge in [0.1, 0.15) is 24.2 Å². The van der Waals surface area contributed by atoms with E-state index in [9.17, 15) is 19.8 Å². The minimum absolute atomic E-state index is 0.0192. The highest BCUT2D eigenvalue weighted by atomic mass is 16.5. The summed E-state index contributed by atoms with van der Waals surface area (Å²) < 4.78 is 5.55. The maximum absolute atomic E-state index is 13.3. The van der Waals surface area contributed by atoms with Crippen LogP contribution in [0.4, 0.5) is 10.5 Å². The maximum atomic E-state index is 13.3. The Bertz CT molecular complexity index is 1180. The molecule has 2 aromatic rings. The standard InChI is InChI=1S/C37H57N5O5/c1-2-3-4-5-6-7-21-39-37(46)42-23-17-30(18-24-42)36(45)41-25-19-32(20-26-41)40-31-10-8-29(9-11-31)16-22-38-27-34(44)28-47-35-14-12-33(43)13-15-35/h8-15,30,32,34,38,40,43-44H,2-7,16-28H2,1H3,(H,39,46). The molecule has 260 valence electrons. The average molecular weight is 652 g/mol. The second kappa shape index (κ2) is 20.0. The summed E-state index contributed by atoms with van der Waals surface area (Å²) in [7, 11) is 0. The van der Waals surface area contributed by atoms with Crippen LogP contribution < -0.4 is 20.7 Å². The molecule has 2 saturated heterocycles. The zero-order valence-electron chi connectivity index (χ0n) is 28.3. The van der Waals surface area contributed by atoms with Crippen molar-refractivity contribution in [3.63, 3.8) is 0 Å². The Hall–Kier alpha value is -3.50. The number of carbonyl (C=O) groups excluding carboxylic acids is 2. The number of hydrogen-bond donors (Lipinski definition) is 5. The number of ether oxygens (including phenoxy) is 1. The number of rotatable bonds is 18. The van der Waals surface area contributed by atoms with Crippen LogP contribution in [0.2, 0.25) is 0 Å². The number of aliphatic hydroxyl groups is 1. The van der Waals surface area contributed by atoms with E-state index in [1.54, 1.807) is 24.3 Å². The molecule has 3 amide bonds. The molecule has 10 heteroatoms. The Kier molecular flexibility index (Phi) is 15.5. The van der Waals surface area contributed by atoms with Gasteiger partial charge in [0.2, 0.25) is 5.91 Å². The molecule has 5 N–H and O–H groups in total. The van der Waals surface area contributed by atoms with Crippen molar-refractivity contribution in [2.75, 3.05) is 57.7 Å². The van der Waals surface area contributed by atoms with Crippen molar-refractivity contribution >= 4 is 17.6 Å². The summed E-state index contributed by atoms with van der Waals surface area (Å²) in [4.78, 5) is 29.7. The quantitative estimate of drug-likeness (QED) is 0.141. The van der Waals surface area contributed by atoms with Crippen molar-refractivity contribution in [2.45, 2.75) is 89.7 Å². The molecule has 4 rings (SSSR count). The van der Waals surface area contributed by atoms with Crippen molar-refractivity contribution in [1.29, 1.82) is 0 Å². The van der Waals surface area contributed by atoms with E-state index in [0.29, 0.717) is 31.4 Å². The van der Waals surface area contributed by atoms with Gasteiger partial charge in [-0.05, 0) is 87.0 Å². The van der Waals surface area contributed by atoms with E-state index >= 15 is 0 Å². The van der Waals surface area contributed by atoms with Crippen LogP contribution in [-0.2, 0) is 11.2 Å². The zero-order valence-corrected chi connectivity index (χ0v) is 28.3. The number of phenolic OH excluding ortho intramolecular Hbond substituents is 1. The van der Waals surface area contributed by atoms with Crippen molar-refractivity contribution in [3.05, 3.63) is 54.1 Å². The summed E-state index contributed by atoms with van der Waals surface area (Å²) in [5.41, 5.74) is 2.31. The number of nitrogens with one attached hydrogen (secondary N) is 3. The first-order valence-corrected chi connectivity index (χ1v) is 17.9. The van der Waals surface area contributed by atoms with Crippen molar-refractivity contribution < 1.29 is 24.5 Å². The van der Waals surface area contributed by atoms with Crippen LogP contribution in [0.3, 0.4) is 0 Å². The first-order valence-electron chi connectivity index (χ1n) is 17.9. The third-order valence-electron chi connectivity index (χ3n) is 9.32. The molecular weight excluding hydrogens is 594 g/mol. The summed E-state index contributed by atoms with van der Waals surface area (Å²) in [6.45, 7) is 7.18. The minimum atomic E-state index is -0.622. The minimum Gasteiger partial charge on any atom is -0.508 e. The molecule has 2 heterocycles. The molecule has 2 aliphatic rings. The number of likely N-dealkylation sites (tertiary alicyclic amines) is 2. The number of benzene rings is 2. The van der Waals surface area contributed by atoms with Crippen LogP contribution in [0.1, 0.15) is 76.7 Å². The number of nitrogens with zero attached hydrogens (tertiary/aromatic N) is 2. The molecule has 0 bridgehead atoms. The summed E-state index contributed by atoms with van der Waals surface area (Å²) >= 11 is 0. The molecular formula is C37H57N5O5. The Balaban J connectivity index is 1.04. The van der Waals surface area contributed by atoms with Crippen LogP contribution in [0, 0.1) is 5.92 Å². The number of amides is 3. The number of phenols is 1. The fraction of sp³-hybridized carbons (Fsp3) is 0.622. The number of urea groups is 1. The molecule has 2 aliphatic heterocycles. The van der Waals surface area contributed by atoms with E-state index in [4.69, 9.17) is 4.74 Å².